The largest absolute Gasteiger partial charge is 0.495 e. The molecule has 0 bridgehead atoms. The van der Waals surface area contributed by atoms with Crippen LogP contribution in [0.4, 0.5) is 0 Å². The summed E-state index contributed by atoms with van der Waals surface area (Å²) in [6.45, 7) is 4.84. The van der Waals surface area contributed by atoms with Crippen LogP contribution in [0.2, 0.25) is 5.02 Å². The number of aromatic amines is 1. The number of nitrogens with two attached hydrogens (primary N) is 1. The highest BCUT2D eigenvalue weighted by Gasteiger charge is 2.53. The molecule has 0 amide bonds. The Balaban J connectivity index is 1.51. The first-order valence-electron chi connectivity index (χ1n) is 11.7. The summed E-state index contributed by atoms with van der Waals surface area (Å²) in [5.74, 6) is 1.03. The highest BCUT2D eigenvalue weighted by Crippen LogP contribution is 2.47. The molecule has 7 nitrogen and oxygen atoms in total. The molecule has 1 aromatic carbocycles. The number of para-hydroxylation sites is 1. The van der Waals surface area contributed by atoms with Crippen molar-refractivity contribution in [3.8, 4) is 16.3 Å². The number of hydrogen-bond donors (Lipinski definition) is 2. The third kappa shape index (κ3) is 4.16. The Morgan fingerprint density at radius 1 is 1.29 bits per heavy atom. The minimum atomic E-state index is -3.60. The fraction of sp³-hybridized carbons (Fsp3) is 0.480. The normalized spacial score (nSPS) is 27.1. The van der Waals surface area contributed by atoms with Crippen molar-refractivity contribution in [1.29, 1.82) is 0 Å². The van der Waals surface area contributed by atoms with Crippen molar-refractivity contribution in [2.24, 2.45) is 16.6 Å². The average molecular weight is 536 g/mol. The van der Waals surface area contributed by atoms with E-state index in [0.717, 1.165) is 40.1 Å². The van der Waals surface area contributed by atoms with Crippen LogP contribution in [0.15, 0.2) is 35.3 Å². The number of fused-ring (bicyclic) bond motifs is 1. The van der Waals surface area contributed by atoms with Gasteiger partial charge in [-0.2, -0.15) is 0 Å². The van der Waals surface area contributed by atoms with E-state index in [1.807, 2.05) is 30.3 Å². The molecule has 4 heterocycles. The number of thiophene rings is 1. The predicted molar refractivity (Wildman–Crippen MR) is 142 cm³/mol. The first-order chi connectivity index (χ1) is 16.6. The van der Waals surface area contributed by atoms with E-state index in [1.54, 1.807) is 21.0 Å². The zero-order chi connectivity index (χ0) is 25.0. The summed E-state index contributed by atoms with van der Waals surface area (Å²) < 4.78 is 37.1. The smallest absolute Gasteiger partial charge is 0.165 e. The van der Waals surface area contributed by atoms with E-state index in [1.165, 1.54) is 11.3 Å². The van der Waals surface area contributed by atoms with Crippen molar-refractivity contribution in [2.45, 2.75) is 43.4 Å². The number of amidine groups is 1. The highest BCUT2D eigenvalue weighted by molar-refractivity contribution is 7.93. The van der Waals surface area contributed by atoms with Crippen LogP contribution in [0.1, 0.15) is 38.0 Å². The van der Waals surface area contributed by atoms with Crippen molar-refractivity contribution < 1.29 is 17.9 Å². The van der Waals surface area contributed by atoms with E-state index in [2.05, 4.69) is 4.98 Å². The number of rotatable bonds is 5. The molecule has 35 heavy (non-hydrogen) atoms. The molecule has 5 rings (SSSR count). The predicted octanol–water partition coefficient (Wildman–Crippen LogP) is 5.13. The quantitative estimate of drug-likeness (QED) is 0.470. The Morgan fingerprint density at radius 3 is 2.71 bits per heavy atom. The van der Waals surface area contributed by atoms with Crippen molar-refractivity contribution in [3.63, 3.8) is 0 Å². The number of H-pyrrole nitrogens is 1. The van der Waals surface area contributed by atoms with E-state index >= 15 is 0 Å². The van der Waals surface area contributed by atoms with Gasteiger partial charge in [0.15, 0.2) is 9.84 Å². The fourth-order valence-corrected chi connectivity index (χ4v) is 9.07. The van der Waals surface area contributed by atoms with Crippen molar-refractivity contribution in [2.75, 3.05) is 26.1 Å². The summed E-state index contributed by atoms with van der Waals surface area (Å²) in [6.07, 6.45) is 2.14. The maximum atomic E-state index is 13.7. The lowest BCUT2D eigenvalue weighted by molar-refractivity contribution is 0.0625. The molecule has 188 valence electrons. The molecule has 2 aliphatic rings. The lowest BCUT2D eigenvalue weighted by Crippen LogP contribution is -2.57. The molecule has 0 aliphatic carbocycles. The van der Waals surface area contributed by atoms with E-state index in [4.69, 9.17) is 31.8 Å². The van der Waals surface area contributed by atoms with Crippen LogP contribution in [0, 0.1) is 5.92 Å². The number of benzene rings is 1. The SMILES string of the molecule is COc1cccc2cc(-c3cc(Cl)c(C4(C)CS(=O)(=O)C(C)(CC5CCOCC5)C(N)=N4)s3)[nH]c12. The van der Waals surface area contributed by atoms with Crippen LogP contribution in [0.25, 0.3) is 21.5 Å². The van der Waals surface area contributed by atoms with Gasteiger partial charge in [0.2, 0.25) is 0 Å². The monoisotopic (exact) mass is 535 g/mol. The number of nitrogens with one attached hydrogen (secondary N) is 1. The Bertz CT molecular complexity index is 1410. The van der Waals surface area contributed by atoms with Crippen molar-refractivity contribution in [1.82, 2.24) is 4.98 Å². The summed E-state index contributed by atoms with van der Waals surface area (Å²) in [7, 11) is -1.97. The number of methoxy groups -OCH3 is 1. The van der Waals surface area contributed by atoms with Gasteiger partial charge in [-0.15, -0.1) is 11.3 Å². The van der Waals surface area contributed by atoms with Gasteiger partial charge in [0.1, 0.15) is 21.9 Å². The van der Waals surface area contributed by atoms with Gasteiger partial charge >= 0.3 is 0 Å². The average Bonchev–Trinajstić information content (AvgIpc) is 3.42. The number of hydrogen-bond acceptors (Lipinski definition) is 7. The lowest BCUT2D eigenvalue weighted by Gasteiger charge is -2.41. The van der Waals surface area contributed by atoms with Gasteiger partial charge in [-0.3, -0.25) is 4.99 Å². The zero-order valence-corrected chi connectivity index (χ0v) is 22.4. The second-order valence-electron chi connectivity index (χ2n) is 9.92. The molecule has 0 spiro atoms. The van der Waals surface area contributed by atoms with Crippen LogP contribution in [0.5, 0.6) is 5.75 Å². The number of halogens is 1. The number of aromatic nitrogens is 1. The maximum Gasteiger partial charge on any atom is 0.165 e. The van der Waals surface area contributed by atoms with Crippen LogP contribution >= 0.6 is 22.9 Å². The van der Waals surface area contributed by atoms with Crippen LogP contribution in [-0.2, 0) is 20.1 Å². The Kier molecular flexibility index (Phi) is 6.19. The third-order valence-corrected chi connectivity index (χ3v) is 11.9. The Labute approximate surface area is 214 Å². The zero-order valence-electron chi connectivity index (χ0n) is 20.1. The second-order valence-corrected chi connectivity index (χ2v) is 13.8. The van der Waals surface area contributed by atoms with Gasteiger partial charge in [-0.05, 0) is 57.2 Å². The summed E-state index contributed by atoms with van der Waals surface area (Å²) in [5.41, 5.74) is 7.17. The van der Waals surface area contributed by atoms with Gasteiger partial charge in [-0.1, -0.05) is 23.7 Å². The minimum absolute atomic E-state index is 0.138. The van der Waals surface area contributed by atoms with Crippen LogP contribution in [0.3, 0.4) is 0 Å². The molecular formula is C25H30ClN3O4S2. The molecule has 3 N–H and O–H groups in total. The second kappa shape index (κ2) is 8.80. The number of aliphatic imine (C=N–C) groups is 1. The van der Waals surface area contributed by atoms with Crippen LogP contribution < -0.4 is 10.5 Å². The summed E-state index contributed by atoms with van der Waals surface area (Å²) in [5, 5.41) is 1.50. The molecule has 2 aliphatic heterocycles. The van der Waals surface area contributed by atoms with E-state index in [0.29, 0.717) is 29.5 Å². The first-order valence-corrected chi connectivity index (χ1v) is 14.5. The molecule has 0 saturated carbocycles. The summed E-state index contributed by atoms with van der Waals surface area (Å²) in [4.78, 5) is 9.81. The molecule has 2 unspecified atom stereocenters. The Morgan fingerprint density at radius 2 is 2.03 bits per heavy atom. The molecule has 2 atom stereocenters. The Hall–Kier alpha value is -2.07. The maximum absolute atomic E-state index is 13.7. The van der Waals surface area contributed by atoms with E-state index in [-0.39, 0.29) is 17.5 Å². The summed E-state index contributed by atoms with van der Waals surface area (Å²) >= 11 is 8.13. The molecule has 10 heteroatoms. The van der Waals surface area contributed by atoms with Crippen LogP contribution in [-0.4, -0.2) is 50.1 Å². The number of ether oxygens (including phenoxy) is 2. The number of nitrogens with zero attached hydrogens (tertiary/aromatic N) is 1. The summed E-state index contributed by atoms with van der Waals surface area (Å²) in [6, 6.07) is 9.74. The van der Waals surface area contributed by atoms with Crippen molar-refractivity contribution in [3.05, 3.63) is 40.2 Å². The molecule has 3 aromatic rings. The molecule has 1 fully saturated rings. The third-order valence-electron chi connectivity index (χ3n) is 7.36. The first kappa shape index (κ1) is 24.6. The fourth-order valence-electron chi connectivity index (χ4n) is 5.25. The van der Waals surface area contributed by atoms with E-state index < -0.39 is 20.1 Å². The molecule has 0 radical (unpaired) electrons. The van der Waals surface area contributed by atoms with Gasteiger partial charge in [0.05, 0.1) is 38.9 Å². The standard InChI is InChI=1S/C25H30ClN3O4S2/c1-24(14-35(30,31)25(2,23(27)29-24)13-15-7-9-33-10-8-15)22-17(26)12-20(34-22)18-11-16-5-4-6-19(32-3)21(16)28-18/h4-6,11-12,15,28H,7-10,13-14H2,1-3H3,(H2,27,29). The van der Waals surface area contributed by atoms with Gasteiger partial charge in [-0.25, -0.2) is 8.42 Å². The minimum Gasteiger partial charge on any atom is -0.495 e. The topological polar surface area (TPSA) is 107 Å². The van der Waals surface area contributed by atoms with Gasteiger partial charge in [0.25, 0.3) is 0 Å². The van der Waals surface area contributed by atoms with Crippen molar-refractivity contribution >= 4 is 49.5 Å². The molecule has 1 saturated heterocycles. The lowest BCUT2D eigenvalue weighted by atomic mass is 9.88. The molecule has 2 aromatic heterocycles. The number of sulfone groups is 1. The van der Waals surface area contributed by atoms with E-state index in [9.17, 15) is 8.42 Å². The highest BCUT2D eigenvalue weighted by atomic mass is 35.5. The molecular weight excluding hydrogens is 506 g/mol. The van der Waals surface area contributed by atoms with Gasteiger partial charge in [0, 0.05) is 18.6 Å². The van der Waals surface area contributed by atoms with Gasteiger partial charge < -0.3 is 20.2 Å².